The number of rotatable bonds is 2. The van der Waals surface area contributed by atoms with E-state index >= 15 is 0 Å². The molecule has 0 bridgehead atoms. The average molecular weight is 253 g/mol. The van der Waals surface area contributed by atoms with Gasteiger partial charge in [0.2, 0.25) is 0 Å². The highest BCUT2D eigenvalue weighted by atomic mass is 16.5. The summed E-state index contributed by atoms with van der Waals surface area (Å²) < 4.78 is 11.3. The predicted molar refractivity (Wildman–Crippen MR) is 67.5 cm³/mol. The number of nitrogens with zero attached hydrogens (tertiary/aromatic N) is 1. The second kappa shape index (κ2) is 5.68. The number of ether oxygens (including phenoxy) is 2. The van der Waals surface area contributed by atoms with Crippen LogP contribution in [0.1, 0.15) is 32.1 Å². The van der Waals surface area contributed by atoms with Crippen LogP contribution in [-0.2, 0) is 14.3 Å². The van der Waals surface area contributed by atoms with Crippen molar-refractivity contribution in [2.45, 2.75) is 44.2 Å². The van der Waals surface area contributed by atoms with Crippen LogP contribution in [0.5, 0.6) is 0 Å². The van der Waals surface area contributed by atoms with Gasteiger partial charge in [0.1, 0.15) is 5.78 Å². The van der Waals surface area contributed by atoms with E-state index in [9.17, 15) is 4.79 Å². The van der Waals surface area contributed by atoms with Crippen LogP contribution in [0, 0.1) is 5.92 Å². The maximum Gasteiger partial charge on any atom is 0.141 e. The third-order valence-electron chi connectivity index (χ3n) is 4.57. The third kappa shape index (κ3) is 2.60. The van der Waals surface area contributed by atoms with Gasteiger partial charge in [-0.05, 0) is 12.8 Å². The molecule has 3 fully saturated rings. The molecule has 0 aromatic rings. The second-order valence-electron chi connectivity index (χ2n) is 5.74. The molecule has 3 rings (SSSR count). The monoisotopic (exact) mass is 253 g/mol. The molecule has 2 aliphatic heterocycles. The minimum Gasteiger partial charge on any atom is -0.380 e. The van der Waals surface area contributed by atoms with Crippen LogP contribution in [0.15, 0.2) is 0 Å². The van der Waals surface area contributed by atoms with Gasteiger partial charge in [0, 0.05) is 25.6 Å². The molecule has 0 spiro atoms. The lowest BCUT2D eigenvalue weighted by molar-refractivity contribution is -0.135. The van der Waals surface area contributed by atoms with E-state index in [-0.39, 0.29) is 5.92 Å². The zero-order valence-corrected chi connectivity index (χ0v) is 11.0. The van der Waals surface area contributed by atoms with Crippen molar-refractivity contribution in [3.05, 3.63) is 0 Å². The number of carbonyl (C=O) groups is 1. The fourth-order valence-corrected chi connectivity index (χ4v) is 3.54. The lowest BCUT2D eigenvalue weighted by Crippen LogP contribution is -2.55. The van der Waals surface area contributed by atoms with Crippen LogP contribution < -0.4 is 0 Å². The smallest absolute Gasteiger partial charge is 0.141 e. The molecule has 4 heteroatoms. The SMILES string of the molecule is O=C1CCOCC1CN1CCOC2CCCCC21. The normalized spacial score (nSPS) is 38.4. The highest BCUT2D eigenvalue weighted by Gasteiger charge is 2.36. The Morgan fingerprint density at radius 1 is 1.22 bits per heavy atom. The minimum atomic E-state index is 0.0967. The molecule has 3 unspecified atom stereocenters. The van der Waals surface area contributed by atoms with Crippen LogP contribution >= 0.6 is 0 Å². The van der Waals surface area contributed by atoms with Gasteiger partial charge < -0.3 is 9.47 Å². The Labute approximate surface area is 109 Å². The molecular weight excluding hydrogens is 230 g/mol. The van der Waals surface area contributed by atoms with Gasteiger partial charge in [-0.15, -0.1) is 0 Å². The van der Waals surface area contributed by atoms with Gasteiger partial charge >= 0.3 is 0 Å². The van der Waals surface area contributed by atoms with Crippen molar-refractivity contribution in [1.29, 1.82) is 0 Å². The lowest BCUT2D eigenvalue weighted by atomic mass is 9.89. The molecule has 3 atom stereocenters. The predicted octanol–water partition coefficient (Wildman–Crippen LogP) is 1.24. The number of morpholine rings is 1. The summed E-state index contributed by atoms with van der Waals surface area (Å²) in [5, 5.41) is 0. The maximum atomic E-state index is 11.9. The fourth-order valence-electron chi connectivity index (χ4n) is 3.54. The third-order valence-corrected chi connectivity index (χ3v) is 4.57. The van der Waals surface area contributed by atoms with Crippen LogP contribution in [-0.4, -0.2) is 55.7 Å². The number of ketones is 1. The first-order valence-electron chi connectivity index (χ1n) is 7.31. The molecule has 1 aliphatic carbocycles. The Bertz CT molecular complexity index is 305. The Balaban J connectivity index is 1.61. The van der Waals surface area contributed by atoms with E-state index in [0.717, 1.165) is 19.7 Å². The molecule has 0 amide bonds. The van der Waals surface area contributed by atoms with E-state index in [1.54, 1.807) is 0 Å². The summed E-state index contributed by atoms with van der Waals surface area (Å²) in [6.07, 6.45) is 6.02. The first kappa shape index (κ1) is 12.6. The first-order valence-corrected chi connectivity index (χ1v) is 7.31. The standard InChI is InChI=1S/C14H23NO3/c16-13-5-7-17-10-11(13)9-15-6-8-18-14-4-2-1-3-12(14)15/h11-12,14H,1-10H2. The van der Waals surface area contributed by atoms with Crippen molar-refractivity contribution in [3.8, 4) is 0 Å². The Kier molecular flexibility index (Phi) is 3.97. The summed E-state index contributed by atoms with van der Waals surface area (Å²) in [4.78, 5) is 14.4. The summed E-state index contributed by atoms with van der Waals surface area (Å²) in [7, 11) is 0. The second-order valence-corrected chi connectivity index (χ2v) is 5.74. The molecule has 0 aromatic carbocycles. The Hall–Kier alpha value is -0.450. The Morgan fingerprint density at radius 3 is 3.00 bits per heavy atom. The number of fused-ring (bicyclic) bond motifs is 1. The number of Topliss-reactive ketones (excluding diaryl/α,β-unsaturated/α-hetero) is 1. The van der Waals surface area contributed by atoms with Crippen LogP contribution in [0.2, 0.25) is 0 Å². The van der Waals surface area contributed by atoms with Crippen LogP contribution in [0.25, 0.3) is 0 Å². The highest BCUT2D eigenvalue weighted by molar-refractivity contribution is 5.82. The van der Waals surface area contributed by atoms with Gasteiger partial charge in [-0.2, -0.15) is 0 Å². The van der Waals surface area contributed by atoms with Crippen LogP contribution in [0.3, 0.4) is 0 Å². The van der Waals surface area contributed by atoms with E-state index in [0.29, 0.717) is 37.6 Å². The van der Waals surface area contributed by atoms with E-state index in [2.05, 4.69) is 4.90 Å². The molecule has 0 aromatic heterocycles. The fraction of sp³-hybridized carbons (Fsp3) is 0.929. The number of hydrogen-bond donors (Lipinski definition) is 0. The number of carbonyl (C=O) groups excluding carboxylic acids is 1. The van der Waals surface area contributed by atoms with E-state index < -0.39 is 0 Å². The van der Waals surface area contributed by atoms with Crippen molar-refractivity contribution in [2.24, 2.45) is 5.92 Å². The van der Waals surface area contributed by atoms with Crippen molar-refractivity contribution in [2.75, 3.05) is 32.9 Å². The molecule has 0 N–H and O–H groups in total. The molecule has 1 saturated carbocycles. The topological polar surface area (TPSA) is 38.8 Å². The first-order chi connectivity index (χ1) is 8.84. The van der Waals surface area contributed by atoms with Crippen molar-refractivity contribution >= 4 is 5.78 Å². The molecule has 4 nitrogen and oxygen atoms in total. The van der Waals surface area contributed by atoms with Gasteiger partial charge in [-0.25, -0.2) is 0 Å². The summed E-state index contributed by atoms with van der Waals surface area (Å²) in [6, 6.07) is 0.544. The molecule has 3 aliphatic rings. The largest absolute Gasteiger partial charge is 0.380 e. The van der Waals surface area contributed by atoms with E-state index in [1.807, 2.05) is 0 Å². The van der Waals surface area contributed by atoms with Gasteiger partial charge in [0.25, 0.3) is 0 Å². The molecule has 102 valence electrons. The molecule has 2 heterocycles. The average Bonchev–Trinajstić information content (AvgIpc) is 2.42. The van der Waals surface area contributed by atoms with Crippen molar-refractivity contribution < 1.29 is 14.3 Å². The van der Waals surface area contributed by atoms with Gasteiger partial charge in [-0.1, -0.05) is 12.8 Å². The molecule has 0 radical (unpaired) electrons. The summed E-state index contributed by atoms with van der Waals surface area (Å²) in [5.41, 5.74) is 0. The van der Waals surface area contributed by atoms with Gasteiger partial charge in [0.15, 0.2) is 0 Å². The van der Waals surface area contributed by atoms with Gasteiger partial charge in [-0.3, -0.25) is 9.69 Å². The van der Waals surface area contributed by atoms with Crippen molar-refractivity contribution in [3.63, 3.8) is 0 Å². The summed E-state index contributed by atoms with van der Waals surface area (Å²) >= 11 is 0. The van der Waals surface area contributed by atoms with Crippen LogP contribution in [0.4, 0.5) is 0 Å². The summed E-state index contributed by atoms with van der Waals surface area (Å²) in [5.74, 6) is 0.486. The van der Waals surface area contributed by atoms with Crippen molar-refractivity contribution in [1.82, 2.24) is 4.90 Å². The molecule has 2 saturated heterocycles. The quantitative estimate of drug-likeness (QED) is 0.742. The minimum absolute atomic E-state index is 0.0967. The Morgan fingerprint density at radius 2 is 2.11 bits per heavy atom. The van der Waals surface area contributed by atoms with E-state index in [1.165, 1.54) is 25.7 Å². The van der Waals surface area contributed by atoms with Gasteiger partial charge in [0.05, 0.1) is 31.8 Å². The lowest BCUT2D eigenvalue weighted by Gasteiger charge is -2.45. The number of hydrogen-bond acceptors (Lipinski definition) is 4. The molecule has 18 heavy (non-hydrogen) atoms. The maximum absolute atomic E-state index is 11.9. The zero-order chi connectivity index (χ0) is 12.4. The summed E-state index contributed by atoms with van der Waals surface area (Å²) in [6.45, 7) is 3.91. The molecular formula is C14H23NO3. The van der Waals surface area contributed by atoms with E-state index in [4.69, 9.17) is 9.47 Å². The highest BCUT2D eigenvalue weighted by Crippen LogP contribution is 2.29. The zero-order valence-electron chi connectivity index (χ0n) is 11.0.